The Morgan fingerprint density at radius 3 is 2.59 bits per heavy atom. The van der Waals surface area contributed by atoms with Gasteiger partial charge in [0.15, 0.2) is 5.96 Å². The molecule has 2 aliphatic rings. The van der Waals surface area contributed by atoms with Gasteiger partial charge in [-0.05, 0) is 55.8 Å². The summed E-state index contributed by atoms with van der Waals surface area (Å²) in [6.45, 7) is 9.84. The number of benzene rings is 1. The Morgan fingerprint density at radius 2 is 1.90 bits per heavy atom. The number of hydrogen-bond acceptors (Lipinski definition) is 4. The van der Waals surface area contributed by atoms with Gasteiger partial charge >= 0.3 is 0 Å². The van der Waals surface area contributed by atoms with Gasteiger partial charge in [0, 0.05) is 39.9 Å². The van der Waals surface area contributed by atoms with E-state index < -0.39 is 0 Å². The fourth-order valence-electron chi connectivity index (χ4n) is 3.82. The van der Waals surface area contributed by atoms with Crippen molar-refractivity contribution in [2.24, 2.45) is 10.9 Å². The highest BCUT2D eigenvalue weighted by molar-refractivity contribution is 5.79. The zero-order valence-corrected chi connectivity index (χ0v) is 18.2. The lowest BCUT2D eigenvalue weighted by Crippen LogP contribution is -2.37. The van der Waals surface area contributed by atoms with Crippen LogP contribution in [-0.4, -0.2) is 63.5 Å². The second-order valence-electron chi connectivity index (χ2n) is 8.34. The molecule has 2 aliphatic heterocycles. The van der Waals surface area contributed by atoms with Gasteiger partial charge in [0.1, 0.15) is 0 Å². The predicted molar refractivity (Wildman–Crippen MR) is 118 cm³/mol. The largest absolute Gasteiger partial charge is 0.379 e. The maximum absolute atomic E-state index is 5.79. The highest BCUT2D eigenvalue weighted by atomic mass is 16.5. The van der Waals surface area contributed by atoms with Crippen LogP contribution in [0.5, 0.6) is 0 Å². The molecule has 0 radical (unpaired) electrons. The van der Waals surface area contributed by atoms with E-state index in [-0.39, 0.29) is 6.10 Å². The summed E-state index contributed by atoms with van der Waals surface area (Å²) in [6.07, 6.45) is 4.92. The molecule has 2 saturated heterocycles. The van der Waals surface area contributed by atoms with Gasteiger partial charge < -0.3 is 20.1 Å². The monoisotopic (exact) mass is 402 g/mol. The second-order valence-corrected chi connectivity index (χ2v) is 8.34. The van der Waals surface area contributed by atoms with Crippen LogP contribution in [0, 0.1) is 5.92 Å². The summed E-state index contributed by atoms with van der Waals surface area (Å²) in [5.41, 5.74) is 2.67. The van der Waals surface area contributed by atoms with Crippen LogP contribution < -0.4 is 10.6 Å². The van der Waals surface area contributed by atoms with Crippen LogP contribution in [0.2, 0.25) is 0 Å². The number of guanidine groups is 1. The first-order valence-electron chi connectivity index (χ1n) is 11.2. The molecular weight excluding hydrogens is 364 g/mol. The molecule has 1 atom stereocenters. The smallest absolute Gasteiger partial charge is 0.191 e. The lowest BCUT2D eigenvalue weighted by Gasteiger charge is -2.30. The molecule has 0 saturated carbocycles. The molecule has 2 fully saturated rings. The van der Waals surface area contributed by atoms with Gasteiger partial charge in [-0.2, -0.15) is 0 Å². The summed E-state index contributed by atoms with van der Waals surface area (Å²) in [7, 11) is 1.81. The minimum atomic E-state index is 0.286. The van der Waals surface area contributed by atoms with Crippen molar-refractivity contribution in [3.8, 4) is 0 Å². The summed E-state index contributed by atoms with van der Waals surface area (Å²) in [5.74, 6) is 1.72. The molecular formula is C23H38N4O2. The normalized spacial score (nSPS) is 21.4. The Morgan fingerprint density at radius 1 is 1.14 bits per heavy atom. The molecule has 1 aromatic carbocycles. The zero-order chi connectivity index (χ0) is 20.3. The molecule has 0 aliphatic carbocycles. The number of rotatable bonds is 9. The minimum Gasteiger partial charge on any atom is -0.379 e. The van der Waals surface area contributed by atoms with Gasteiger partial charge in [-0.1, -0.05) is 31.2 Å². The number of nitrogens with zero attached hydrogens (tertiary/aromatic N) is 2. The van der Waals surface area contributed by atoms with Crippen molar-refractivity contribution in [2.45, 2.75) is 51.8 Å². The molecule has 2 heterocycles. The van der Waals surface area contributed by atoms with E-state index in [9.17, 15) is 0 Å². The van der Waals surface area contributed by atoms with Crippen LogP contribution >= 0.6 is 0 Å². The van der Waals surface area contributed by atoms with Crippen molar-refractivity contribution < 1.29 is 9.47 Å². The minimum absolute atomic E-state index is 0.286. The van der Waals surface area contributed by atoms with Gasteiger partial charge in [0.2, 0.25) is 0 Å². The van der Waals surface area contributed by atoms with Crippen LogP contribution in [0.1, 0.15) is 43.7 Å². The van der Waals surface area contributed by atoms with Gasteiger partial charge in [-0.15, -0.1) is 0 Å². The third-order valence-corrected chi connectivity index (χ3v) is 5.84. The van der Waals surface area contributed by atoms with Gasteiger partial charge in [-0.3, -0.25) is 9.89 Å². The molecule has 2 N–H and O–H groups in total. The Bertz CT molecular complexity index is 606. The number of piperidine rings is 1. The third kappa shape index (κ3) is 7.96. The number of likely N-dealkylation sites (tertiary alicyclic amines) is 1. The predicted octanol–water partition coefficient (Wildman–Crippen LogP) is 2.78. The summed E-state index contributed by atoms with van der Waals surface area (Å²) < 4.78 is 11.1. The molecule has 0 amide bonds. The first-order valence-corrected chi connectivity index (χ1v) is 11.2. The number of nitrogens with one attached hydrogen (secondary N) is 2. The molecule has 1 aromatic rings. The van der Waals surface area contributed by atoms with Crippen molar-refractivity contribution in [3.63, 3.8) is 0 Å². The van der Waals surface area contributed by atoms with Crippen molar-refractivity contribution in [3.05, 3.63) is 35.4 Å². The molecule has 162 valence electrons. The van der Waals surface area contributed by atoms with E-state index in [0.717, 1.165) is 64.2 Å². The summed E-state index contributed by atoms with van der Waals surface area (Å²) in [5, 5.41) is 6.75. The summed E-state index contributed by atoms with van der Waals surface area (Å²) in [6, 6.07) is 8.96. The standard InChI is InChI=1S/C23H38N4O2/c1-19-8-12-27(13-9-19)17-21-6-4-20(5-7-21)16-26-23(24-2)25-11-3-14-29-22-10-15-28-18-22/h4-7,19,22H,3,8-18H2,1-2H3,(H2,24,25,26). The van der Waals surface area contributed by atoms with Crippen LogP contribution in [0.15, 0.2) is 29.3 Å². The fraction of sp³-hybridized carbons (Fsp3) is 0.696. The quantitative estimate of drug-likeness (QED) is 0.378. The molecule has 0 spiro atoms. The Hall–Kier alpha value is -1.63. The van der Waals surface area contributed by atoms with Crippen LogP contribution in [-0.2, 0) is 22.6 Å². The summed E-state index contributed by atoms with van der Waals surface area (Å²) in [4.78, 5) is 6.88. The van der Waals surface area contributed by atoms with Crippen LogP contribution in [0.25, 0.3) is 0 Å². The Kier molecular flexibility index (Phi) is 9.25. The molecule has 0 bridgehead atoms. The fourth-order valence-corrected chi connectivity index (χ4v) is 3.82. The van der Waals surface area contributed by atoms with E-state index in [1.165, 1.54) is 37.1 Å². The average Bonchev–Trinajstić information content (AvgIpc) is 3.26. The topological polar surface area (TPSA) is 58.1 Å². The molecule has 29 heavy (non-hydrogen) atoms. The first-order chi connectivity index (χ1) is 14.2. The highest BCUT2D eigenvalue weighted by Gasteiger charge is 2.16. The number of hydrogen-bond donors (Lipinski definition) is 2. The first kappa shape index (κ1) is 22.1. The molecule has 6 heteroatoms. The molecule has 3 rings (SSSR count). The Labute approximate surface area is 176 Å². The molecule has 6 nitrogen and oxygen atoms in total. The number of ether oxygens (including phenoxy) is 2. The maximum atomic E-state index is 5.79. The lowest BCUT2D eigenvalue weighted by molar-refractivity contribution is 0.0420. The van der Waals surface area contributed by atoms with E-state index in [2.05, 4.69) is 51.7 Å². The van der Waals surface area contributed by atoms with Crippen molar-refractivity contribution >= 4 is 5.96 Å². The number of aliphatic imine (C=N–C) groups is 1. The average molecular weight is 403 g/mol. The van der Waals surface area contributed by atoms with Crippen molar-refractivity contribution in [2.75, 3.05) is 46.5 Å². The Balaban J connectivity index is 1.30. The van der Waals surface area contributed by atoms with E-state index in [1.807, 2.05) is 7.05 Å². The highest BCUT2D eigenvalue weighted by Crippen LogP contribution is 2.18. The van der Waals surface area contributed by atoms with Crippen LogP contribution in [0.4, 0.5) is 0 Å². The van der Waals surface area contributed by atoms with Gasteiger partial charge in [0.25, 0.3) is 0 Å². The second kappa shape index (κ2) is 12.2. The van der Waals surface area contributed by atoms with Crippen molar-refractivity contribution in [1.82, 2.24) is 15.5 Å². The lowest BCUT2D eigenvalue weighted by atomic mass is 9.99. The van der Waals surface area contributed by atoms with E-state index >= 15 is 0 Å². The summed E-state index contributed by atoms with van der Waals surface area (Å²) >= 11 is 0. The van der Waals surface area contributed by atoms with Gasteiger partial charge in [-0.25, -0.2) is 0 Å². The van der Waals surface area contributed by atoms with E-state index in [1.54, 1.807) is 0 Å². The molecule has 0 aromatic heterocycles. The van der Waals surface area contributed by atoms with Gasteiger partial charge in [0.05, 0.1) is 12.7 Å². The van der Waals surface area contributed by atoms with Crippen molar-refractivity contribution in [1.29, 1.82) is 0 Å². The SMILES string of the molecule is CN=C(NCCCOC1CCOC1)NCc1ccc(CN2CCC(C)CC2)cc1. The maximum Gasteiger partial charge on any atom is 0.191 e. The van der Waals surface area contributed by atoms with E-state index in [0.29, 0.717) is 0 Å². The molecule has 1 unspecified atom stereocenters. The third-order valence-electron chi connectivity index (χ3n) is 5.84. The van der Waals surface area contributed by atoms with E-state index in [4.69, 9.17) is 9.47 Å². The van der Waals surface area contributed by atoms with Crippen LogP contribution in [0.3, 0.4) is 0 Å². The zero-order valence-electron chi connectivity index (χ0n) is 18.2.